The van der Waals surface area contributed by atoms with Crippen molar-refractivity contribution in [3.05, 3.63) is 39.9 Å². The summed E-state index contributed by atoms with van der Waals surface area (Å²) in [6.07, 6.45) is 2.14. The van der Waals surface area contributed by atoms with Crippen LogP contribution in [0.25, 0.3) is 6.08 Å². The summed E-state index contributed by atoms with van der Waals surface area (Å²) in [6, 6.07) is 5.94. The summed E-state index contributed by atoms with van der Waals surface area (Å²) >= 11 is 5.87. The van der Waals surface area contributed by atoms with Gasteiger partial charge in [0.25, 0.3) is 0 Å². The fraction of sp³-hybridized carbons (Fsp3) is 0.273. The second-order valence-electron chi connectivity index (χ2n) is 3.22. The van der Waals surface area contributed by atoms with E-state index in [9.17, 15) is 0 Å². The van der Waals surface area contributed by atoms with Gasteiger partial charge in [-0.1, -0.05) is 29.3 Å². The molecule has 0 aliphatic heterocycles. The van der Waals surface area contributed by atoms with E-state index in [2.05, 4.69) is 26.8 Å². The molecule has 0 unspecified atom stereocenters. The zero-order valence-electron chi connectivity index (χ0n) is 7.69. The highest BCUT2D eigenvalue weighted by Gasteiger charge is 1.95. The number of hydrogen-bond donors (Lipinski definition) is 0. The van der Waals surface area contributed by atoms with Crippen LogP contribution in [-0.4, -0.2) is 0 Å². The van der Waals surface area contributed by atoms with Gasteiger partial charge in [0, 0.05) is 5.02 Å². The molecule has 0 spiro atoms. The van der Waals surface area contributed by atoms with Crippen molar-refractivity contribution < 1.29 is 0 Å². The Bertz CT molecular complexity index is 307. The number of halogens is 1. The normalized spacial score (nSPS) is 9.67. The van der Waals surface area contributed by atoms with E-state index in [4.69, 9.17) is 11.6 Å². The first-order valence-electron chi connectivity index (χ1n) is 4.00. The number of allylic oxidation sites excluding steroid dienone is 1. The van der Waals surface area contributed by atoms with E-state index >= 15 is 0 Å². The van der Waals surface area contributed by atoms with Crippen LogP contribution < -0.4 is 0 Å². The zero-order chi connectivity index (χ0) is 9.14. The Balaban J connectivity index is 3.14. The van der Waals surface area contributed by atoms with Gasteiger partial charge < -0.3 is 0 Å². The van der Waals surface area contributed by atoms with Gasteiger partial charge >= 0.3 is 0 Å². The number of hydrogen-bond acceptors (Lipinski definition) is 0. The van der Waals surface area contributed by atoms with Crippen molar-refractivity contribution in [2.45, 2.75) is 20.8 Å². The topological polar surface area (TPSA) is 0 Å². The fourth-order valence-corrected chi connectivity index (χ4v) is 1.26. The van der Waals surface area contributed by atoms with Gasteiger partial charge in [-0.05, 0) is 44.0 Å². The molecular weight excluding hydrogens is 168 g/mol. The molecule has 0 aliphatic rings. The van der Waals surface area contributed by atoms with Crippen molar-refractivity contribution in [3.63, 3.8) is 0 Å². The number of aryl methyl sites for hydroxylation is 1. The van der Waals surface area contributed by atoms with E-state index in [1.807, 2.05) is 18.2 Å². The largest absolute Gasteiger partial charge is 0.0843 e. The molecule has 0 bridgehead atoms. The molecule has 0 amide bonds. The maximum absolute atomic E-state index is 5.87. The van der Waals surface area contributed by atoms with E-state index < -0.39 is 0 Å². The first kappa shape index (κ1) is 9.34. The average Bonchev–Trinajstić information content (AvgIpc) is 1.96. The molecule has 1 rings (SSSR count). The van der Waals surface area contributed by atoms with Crippen molar-refractivity contribution in [2.24, 2.45) is 0 Å². The summed E-state index contributed by atoms with van der Waals surface area (Å²) < 4.78 is 0. The Morgan fingerprint density at radius 1 is 1.33 bits per heavy atom. The van der Waals surface area contributed by atoms with Crippen molar-refractivity contribution in [1.82, 2.24) is 0 Å². The highest BCUT2D eigenvalue weighted by Crippen LogP contribution is 2.17. The third-order valence-corrected chi connectivity index (χ3v) is 1.92. The molecular formula is C11H13Cl. The second-order valence-corrected chi connectivity index (χ2v) is 3.66. The van der Waals surface area contributed by atoms with Crippen LogP contribution >= 0.6 is 11.6 Å². The Hall–Kier alpha value is -0.750. The summed E-state index contributed by atoms with van der Waals surface area (Å²) in [5.41, 5.74) is 3.77. The van der Waals surface area contributed by atoms with Crippen molar-refractivity contribution in [1.29, 1.82) is 0 Å². The minimum Gasteiger partial charge on any atom is -0.0843 e. The average molecular weight is 181 g/mol. The standard InChI is InChI=1S/C11H13Cl/c1-8(2)6-10-7-11(12)5-4-9(10)3/h4-7H,1-3H3. The second kappa shape index (κ2) is 3.77. The highest BCUT2D eigenvalue weighted by atomic mass is 35.5. The molecule has 1 aromatic rings. The van der Waals surface area contributed by atoms with Crippen molar-refractivity contribution in [2.75, 3.05) is 0 Å². The molecule has 0 radical (unpaired) electrons. The van der Waals surface area contributed by atoms with Gasteiger partial charge in [-0.25, -0.2) is 0 Å². The quantitative estimate of drug-likeness (QED) is 0.611. The van der Waals surface area contributed by atoms with Gasteiger partial charge in [0.15, 0.2) is 0 Å². The third kappa shape index (κ3) is 2.38. The number of benzene rings is 1. The van der Waals surface area contributed by atoms with Crippen LogP contribution in [0.3, 0.4) is 0 Å². The van der Waals surface area contributed by atoms with Crippen LogP contribution in [0.5, 0.6) is 0 Å². The van der Waals surface area contributed by atoms with E-state index in [0.717, 1.165) is 5.02 Å². The fourth-order valence-electron chi connectivity index (χ4n) is 1.08. The first-order chi connectivity index (χ1) is 5.59. The molecule has 0 saturated carbocycles. The summed E-state index contributed by atoms with van der Waals surface area (Å²) in [6.45, 7) is 6.26. The predicted molar refractivity (Wildman–Crippen MR) is 55.5 cm³/mol. The van der Waals surface area contributed by atoms with Gasteiger partial charge in [-0.3, -0.25) is 0 Å². The van der Waals surface area contributed by atoms with Crippen LogP contribution in [-0.2, 0) is 0 Å². The Morgan fingerprint density at radius 3 is 2.58 bits per heavy atom. The molecule has 0 nitrogen and oxygen atoms in total. The lowest BCUT2D eigenvalue weighted by Crippen LogP contribution is -1.80. The highest BCUT2D eigenvalue weighted by molar-refractivity contribution is 6.30. The Labute approximate surface area is 78.9 Å². The molecule has 0 fully saturated rings. The van der Waals surface area contributed by atoms with E-state index in [0.29, 0.717) is 0 Å². The lowest BCUT2D eigenvalue weighted by atomic mass is 10.1. The van der Waals surface area contributed by atoms with Gasteiger partial charge in [-0.2, -0.15) is 0 Å². The smallest absolute Gasteiger partial charge is 0.0412 e. The van der Waals surface area contributed by atoms with E-state index in [-0.39, 0.29) is 0 Å². The molecule has 0 heterocycles. The molecule has 1 aromatic carbocycles. The zero-order valence-corrected chi connectivity index (χ0v) is 8.44. The van der Waals surface area contributed by atoms with Gasteiger partial charge in [0.05, 0.1) is 0 Å². The first-order valence-corrected chi connectivity index (χ1v) is 4.38. The Kier molecular flexibility index (Phi) is 2.93. The molecule has 0 N–H and O–H groups in total. The molecule has 64 valence electrons. The van der Waals surface area contributed by atoms with Crippen molar-refractivity contribution >= 4 is 17.7 Å². The van der Waals surface area contributed by atoms with Gasteiger partial charge in [0.2, 0.25) is 0 Å². The molecule has 0 aromatic heterocycles. The molecule has 12 heavy (non-hydrogen) atoms. The molecule has 1 heteroatoms. The molecule has 0 saturated heterocycles. The summed E-state index contributed by atoms with van der Waals surface area (Å²) in [5.74, 6) is 0. The SMILES string of the molecule is CC(C)=Cc1cc(Cl)ccc1C. The predicted octanol–water partition coefficient (Wildman–Crippen LogP) is 4.07. The van der Waals surface area contributed by atoms with E-state index in [1.165, 1.54) is 16.7 Å². The monoisotopic (exact) mass is 180 g/mol. The third-order valence-electron chi connectivity index (χ3n) is 1.69. The summed E-state index contributed by atoms with van der Waals surface area (Å²) in [5, 5.41) is 0.799. The summed E-state index contributed by atoms with van der Waals surface area (Å²) in [7, 11) is 0. The number of rotatable bonds is 1. The maximum atomic E-state index is 5.87. The minimum atomic E-state index is 0.799. The molecule has 0 atom stereocenters. The van der Waals surface area contributed by atoms with Crippen LogP contribution in [0.15, 0.2) is 23.8 Å². The lowest BCUT2D eigenvalue weighted by molar-refractivity contribution is 1.39. The van der Waals surface area contributed by atoms with E-state index in [1.54, 1.807) is 0 Å². The van der Waals surface area contributed by atoms with Gasteiger partial charge in [0.1, 0.15) is 0 Å². The van der Waals surface area contributed by atoms with Crippen LogP contribution in [0.2, 0.25) is 5.02 Å². The lowest BCUT2D eigenvalue weighted by Gasteiger charge is -2.01. The Morgan fingerprint density at radius 2 is 2.00 bits per heavy atom. The maximum Gasteiger partial charge on any atom is 0.0412 e. The summed E-state index contributed by atoms with van der Waals surface area (Å²) in [4.78, 5) is 0. The van der Waals surface area contributed by atoms with Gasteiger partial charge in [-0.15, -0.1) is 0 Å². The van der Waals surface area contributed by atoms with Crippen LogP contribution in [0.1, 0.15) is 25.0 Å². The van der Waals surface area contributed by atoms with Crippen LogP contribution in [0, 0.1) is 6.92 Å². The minimum absolute atomic E-state index is 0.799. The molecule has 0 aliphatic carbocycles. The van der Waals surface area contributed by atoms with Crippen molar-refractivity contribution in [3.8, 4) is 0 Å². The van der Waals surface area contributed by atoms with Crippen LogP contribution in [0.4, 0.5) is 0 Å².